The van der Waals surface area contributed by atoms with Gasteiger partial charge in [-0.05, 0) is 36.7 Å². The standard InChI is InChI=1S/C8H14Br2F2O/c1-7(2,3)13-5-6(9)4-8(10,11)12/h6H,4-5H2,1-3H3. The number of rotatable bonds is 4. The van der Waals surface area contributed by atoms with Crippen LogP contribution in [0.5, 0.6) is 0 Å². The molecule has 0 aromatic heterocycles. The molecule has 0 aliphatic heterocycles. The Labute approximate surface area is 94.5 Å². The summed E-state index contributed by atoms with van der Waals surface area (Å²) in [5, 5.41) is 0. The van der Waals surface area contributed by atoms with Crippen LogP contribution in [0.15, 0.2) is 0 Å². The van der Waals surface area contributed by atoms with Crippen molar-refractivity contribution < 1.29 is 13.5 Å². The molecule has 0 saturated carbocycles. The van der Waals surface area contributed by atoms with E-state index in [9.17, 15) is 8.78 Å². The van der Waals surface area contributed by atoms with E-state index in [1.165, 1.54) is 0 Å². The van der Waals surface area contributed by atoms with Crippen LogP contribution < -0.4 is 0 Å². The Morgan fingerprint density at radius 3 is 2.08 bits per heavy atom. The summed E-state index contributed by atoms with van der Waals surface area (Å²) < 4.78 is 30.2. The lowest BCUT2D eigenvalue weighted by Crippen LogP contribution is -2.26. The van der Waals surface area contributed by atoms with Crippen molar-refractivity contribution in [3.63, 3.8) is 0 Å². The summed E-state index contributed by atoms with van der Waals surface area (Å²) >= 11 is 5.41. The molecule has 0 aliphatic rings. The SMILES string of the molecule is CC(C)(C)OCC(Br)CC(F)(F)Br. The van der Waals surface area contributed by atoms with E-state index in [4.69, 9.17) is 4.74 Å². The maximum Gasteiger partial charge on any atom is 0.302 e. The van der Waals surface area contributed by atoms with Crippen molar-refractivity contribution in [1.82, 2.24) is 0 Å². The molecule has 0 rings (SSSR count). The van der Waals surface area contributed by atoms with Crippen molar-refractivity contribution in [2.45, 2.75) is 42.5 Å². The molecule has 0 spiro atoms. The highest BCUT2D eigenvalue weighted by Gasteiger charge is 2.28. The molecule has 0 saturated heterocycles. The maximum atomic E-state index is 12.4. The highest BCUT2D eigenvalue weighted by Crippen LogP contribution is 2.30. The summed E-state index contributed by atoms with van der Waals surface area (Å²) in [5.41, 5.74) is -0.284. The molecule has 0 radical (unpaired) electrons. The van der Waals surface area contributed by atoms with Gasteiger partial charge >= 0.3 is 4.83 Å². The van der Waals surface area contributed by atoms with Gasteiger partial charge in [0.1, 0.15) is 0 Å². The Morgan fingerprint density at radius 2 is 1.77 bits per heavy atom. The summed E-state index contributed by atoms with van der Waals surface area (Å²) in [6.45, 7) is 5.95. The average Bonchev–Trinajstić information content (AvgIpc) is 1.78. The normalized spacial score (nSPS) is 15.9. The highest BCUT2D eigenvalue weighted by molar-refractivity contribution is 9.10. The van der Waals surface area contributed by atoms with Crippen LogP contribution >= 0.6 is 31.9 Å². The van der Waals surface area contributed by atoms with E-state index in [0.717, 1.165) is 0 Å². The zero-order valence-corrected chi connectivity index (χ0v) is 11.1. The zero-order valence-electron chi connectivity index (χ0n) is 7.91. The Morgan fingerprint density at radius 1 is 1.31 bits per heavy atom. The third kappa shape index (κ3) is 10.7. The van der Waals surface area contributed by atoms with Crippen molar-refractivity contribution in [2.24, 2.45) is 0 Å². The van der Waals surface area contributed by atoms with Crippen LogP contribution in [0.2, 0.25) is 0 Å². The summed E-state index contributed by atoms with van der Waals surface area (Å²) in [4.78, 5) is -3.15. The van der Waals surface area contributed by atoms with E-state index in [1.807, 2.05) is 20.8 Å². The Bertz CT molecular complexity index is 151. The quantitative estimate of drug-likeness (QED) is 0.712. The van der Waals surface area contributed by atoms with Crippen LogP contribution in [-0.4, -0.2) is 21.9 Å². The molecule has 1 unspecified atom stereocenters. The molecule has 5 heteroatoms. The fourth-order valence-electron chi connectivity index (χ4n) is 0.650. The van der Waals surface area contributed by atoms with E-state index in [1.54, 1.807) is 0 Å². The van der Waals surface area contributed by atoms with Gasteiger partial charge in [-0.2, -0.15) is 8.78 Å². The minimum Gasteiger partial charge on any atom is -0.375 e. The van der Waals surface area contributed by atoms with Crippen LogP contribution in [0.3, 0.4) is 0 Å². The van der Waals surface area contributed by atoms with E-state index < -0.39 is 4.83 Å². The Hall–Kier alpha value is 0.780. The van der Waals surface area contributed by atoms with Crippen LogP contribution in [0.1, 0.15) is 27.2 Å². The van der Waals surface area contributed by atoms with Gasteiger partial charge < -0.3 is 4.74 Å². The smallest absolute Gasteiger partial charge is 0.302 e. The molecule has 0 aromatic carbocycles. The third-order valence-corrected chi connectivity index (χ3v) is 2.06. The molecule has 0 heterocycles. The molecule has 0 fully saturated rings. The minimum absolute atomic E-state index is 0.275. The number of hydrogen-bond acceptors (Lipinski definition) is 1. The molecule has 0 N–H and O–H groups in total. The molecule has 0 bridgehead atoms. The summed E-state index contributed by atoms with van der Waals surface area (Å²) in [6.07, 6.45) is -0.275. The molecule has 1 atom stereocenters. The van der Waals surface area contributed by atoms with Gasteiger partial charge in [-0.1, -0.05) is 15.9 Å². The van der Waals surface area contributed by atoms with Gasteiger partial charge in [-0.25, -0.2) is 0 Å². The van der Waals surface area contributed by atoms with E-state index in [0.29, 0.717) is 0 Å². The van der Waals surface area contributed by atoms with Crippen molar-refractivity contribution >= 4 is 31.9 Å². The molecule has 0 aliphatic carbocycles. The van der Waals surface area contributed by atoms with E-state index in [2.05, 4.69) is 31.9 Å². The van der Waals surface area contributed by atoms with Crippen LogP contribution in [0.25, 0.3) is 0 Å². The topological polar surface area (TPSA) is 9.23 Å². The van der Waals surface area contributed by atoms with Gasteiger partial charge in [0.15, 0.2) is 0 Å². The van der Waals surface area contributed by atoms with E-state index in [-0.39, 0.29) is 23.5 Å². The molecule has 80 valence electrons. The van der Waals surface area contributed by atoms with Crippen molar-refractivity contribution in [2.75, 3.05) is 6.61 Å². The monoisotopic (exact) mass is 322 g/mol. The predicted octanol–water partition coefficient (Wildman–Crippen LogP) is 3.94. The van der Waals surface area contributed by atoms with Crippen molar-refractivity contribution in [3.8, 4) is 0 Å². The van der Waals surface area contributed by atoms with Gasteiger partial charge in [-0.3, -0.25) is 0 Å². The number of alkyl halides is 4. The van der Waals surface area contributed by atoms with Gasteiger partial charge in [0.05, 0.1) is 12.2 Å². The molecule has 0 amide bonds. The molecular formula is C8H14Br2F2O. The van der Waals surface area contributed by atoms with E-state index >= 15 is 0 Å². The largest absolute Gasteiger partial charge is 0.375 e. The highest BCUT2D eigenvalue weighted by atomic mass is 79.9. The van der Waals surface area contributed by atoms with Gasteiger partial charge in [-0.15, -0.1) is 0 Å². The minimum atomic E-state index is -2.82. The average molecular weight is 324 g/mol. The first kappa shape index (κ1) is 13.8. The molecule has 1 nitrogen and oxygen atoms in total. The number of halogens is 4. The molecule has 0 aromatic rings. The Kier molecular flexibility index (Phi) is 5.33. The zero-order chi connectivity index (χ0) is 10.7. The summed E-state index contributed by atoms with van der Waals surface area (Å²) in [6, 6.07) is 0. The third-order valence-electron chi connectivity index (χ3n) is 1.15. The predicted molar refractivity (Wildman–Crippen MR) is 56.9 cm³/mol. The lowest BCUT2D eigenvalue weighted by atomic mass is 10.2. The van der Waals surface area contributed by atoms with Gasteiger partial charge in [0.2, 0.25) is 0 Å². The first-order valence-electron chi connectivity index (χ1n) is 3.95. The fourth-order valence-corrected chi connectivity index (χ4v) is 2.01. The summed E-state index contributed by atoms with van der Waals surface area (Å²) in [5.74, 6) is 0. The number of ether oxygens (including phenoxy) is 1. The second-order valence-electron chi connectivity index (χ2n) is 3.84. The number of hydrogen-bond donors (Lipinski definition) is 0. The second kappa shape index (κ2) is 5.03. The van der Waals surface area contributed by atoms with Crippen molar-refractivity contribution in [1.29, 1.82) is 0 Å². The maximum absolute atomic E-state index is 12.4. The second-order valence-corrected chi connectivity index (χ2v) is 6.30. The molecule has 13 heavy (non-hydrogen) atoms. The van der Waals surface area contributed by atoms with Crippen LogP contribution in [0, 0.1) is 0 Å². The van der Waals surface area contributed by atoms with Gasteiger partial charge in [0.25, 0.3) is 0 Å². The summed E-state index contributed by atoms with van der Waals surface area (Å²) in [7, 11) is 0. The lowest BCUT2D eigenvalue weighted by molar-refractivity contribution is -0.00899. The first-order chi connectivity index (χ1) is 5.60. The fraction of sp³-hybridized carbons (Fsp3) is 1.00. The van der Waals surface area contributed by atoms with Crippen molar-refractivity contribution in [3.05, 3.63) is 0 Å². The van der Waals surface area contributed by atoms with Crippen LogP contribution in [-0.2, 0) is 4.74 Å². The van der Waals surface area contributed by atoms with Crippen LogP contribution in [0.4, 0.5) is 8.78 Å². The lowest BCUT2D eigenvalue weighted by Gasteiger charge is -2.22. The Balaban J connectivity index is 3.70. The first-order valence-corrected chi connectivity index (χ1v) is 5.66. The van der Waals surface area contributed by atoms with Gasteiger partial charge in [0, 0.05) is 11.2 Å². The molecular weight excluding hydrogens is 310 g/mol.